The van der Waals surface area contributed by atoms with E-state index in [4.69, 9.17) is 11.6 Å². The van der Waals surface area contributed by atoms with Gasteiger partial charge in [-0.3, -0.25) is 4.79 Å². The molecule has 4 heteroatoms. The van der Waals surface area contributed by atoms with Crippen molar-refractivity contribution in [3.8, 4) is 0 Å². The number of carbonyl (C=O) groups excluding carboxylic acids is 1. The van der Waals surface area contributed by atoms with Crippen molar-refractivity contribution in [3.05, 3.63) is 28.8 Å². The average molecular weight is 270 g/mol. The Morgan fingerprint density at radius 1 is 1.39 bits per heavy atom. The molecule has 1 aromatic rings. The van der Waals surface area contributed by atoms with Gasteiger partial charge in [0.2, 0.25) is 0 Å². The Hall–Kier alpha value is -1.06. The average Bonchev–Trinajstić information content (AvgIpc) is 2.39. The molecular formula is C14H20ClNO2. The Balaban J connectivity index is 3.08. The maximum atomic E-state index is 10.7. The number of aliphatic hydroxyl groups excluding tert-OH is 1. The van der Waals surface area contributed by atoms with Gasteiger partial charge in [-0.15, -0.1) is 0 Å². The molecular weight excluding hydrogens is 250 g/mol. The summed E-state index contributed by atoms with van der Waals surface area (Å²) in [6.45, 7) is 4.87. The molecule has 0 bridgehead atoms. The van der Waals surface area contributed by atoms with Crippen LogP contribution in [0.5, 0.6) is 0 Å². The molecule has 0 spiro atoms. The van der Waals surface area contributed by atoms with Crippen molar-refractivity contribution < 1.29 is 9.90 Å². The van der Waals surface area contributed by atoms with Crippen LogP contribution in [0, 0.1) is 0 Å². The van der Waals surface area contributed by atoms with Gasteiger partial charge in [-0.25, -0.2) is 0 Å². The summed E-state index contributed by atoms with van der Waals surface area (Å²) in [5.41, 5.74) is 1.45. The molecule has 0 atom stereocenters. The molecule has 100 valence electrons. The standard InChI is InChI=1S/C14H20ClNO2/c1-3-12(4-2)16(7-8-17)14-6-5-11(10-18)9-13(14)15/h5-6,9-10,12,17H,3-4,7-8H2,1-2H3. The summed E-state index contributed by atoms with van der Waals surface area (Å²) in [4.78, 5) is 12.8. The number of hydrogen-bond acceptors (Lipinski definition) is 3. The lowest BCUT2D eigenvalue weighted by Crippen LogP contribution is -2.37. The van der Waals surface area contributed by atoms with Crippen LogP contribution in [0.3, 0.4) is 0 Å². The molecule has 18 heavy (non-hydrogen) atoms. The molecule has 0 unspecified atom stereocenters. The molecule has 0 aliphatic carbocycles. The zero-order valence-corrected chi connectivity index (χ0v) is 11.7. The first-order valence-corrected chi connectivity index (χ1v) is 6.67. The summed E-state index contributed by atoms with van der Waals surface area (Å²) >= 11 is 6.21. The van der Waals surface area contributed by atoms with E-state index in [9.17, 15) is 9.90 Å². The second-order valence-electron chi connectivity index (χ2n) is 4.22. The van der Waals surface area contributed by atoms with E-state index in [2.05, 4.69) is 18.7 Å². The number of carbonyl (C=O) groups is 1. The van der Waals surface area contributed by atoms with Crippen LogP contribution in [0.4, 0.5) is 5.69 Å². The monoisotopic (exact) mass is 269 g/mol. The highest BCUT2D eigenvalue weighted by molar-refractivity contribution is 6.33. The molecule has 0 aliphatic heterocycles. The highest BCUT2D eigenvalue weighted by Crippen LogP contribution is 2.29. The maximum Gasteiger partial charge on any atom is 0.150 e. The molecule has 0 radical (unpaired) electrons. The minimum absolute atomic E-state index is 0.0856. The quantitative estimate of drug-likeness (QED) is 0.773. The third-order valence-electron chi connectivity index (χ3n) is 3.14. The summed E-state index contributed by atoms with van der Waals surface area (Å²) in [7, 11) is 0. The van der Waals surface area contributed by atoms with E-state index in [1.165, 1.54) is 0 Å². The molecule has 0 saturated carbocycles. The molecule has 0 aromatic heterocycles. The first-order valence-electron chi connectivity index (χ1n) is 6.30. The van der Waals surface area contributed by atoms with Crippen molar-refractivity contribution in [1.82, 2.24) is 0 Å². The largest absolute Gasteiger partial charge is 0.395 e. The van der Waals surface area contributed by atoms with Crippen molar-refractivity contribution in [1.29, 1.82) is 0 Å². The van der Waals surface area contributed by atoms with E-state index < -0.39 is 0 Å². The minimum atomic E-state index is 0.0856. The van der Waals surface area contributed by atoms with E-state index in [0.717, 1.165) is 24.8 Å². The zero-order chi connectivity index (χ0) is 13.5. The minimum Gasteiger partial charge on any atom is -0.395 e. The zero-order valence-electron chi connectivity index (χ0n) is 10.9. The normalized spacial score (nSPS) is 10.7. The summed E-state index contributed by atoms with van der Waals surface area (Å²) < 4.78 is 0. The van der Waals surface area contributed by atoms with Crippen molar-refractivity contribution in [2.24, 2.45) is 0 Å². The Morgan fingerprint density at radius 2 is 2.06 bits per heavy atom. The van der Waals surface area contributed by atoms with Crippen molar-refractivity contribution >= 4 is 23.6 Å². The lowest BCUT2D eigenvalue weighted by molar-refractivity contribution is 0.112. The van der Waals surface area contributed by atoms with Crippen LogP contribution >= 0.6 is 11.6 Å². The highest BCUT2D eigenvalue weighted by Gasteiger charge is 2.17. The van der Waals surface area contributed by atoms with Crippen molar-refractivity contribution in [2.75, 3.05) is 18.1 Å². The highest BCUT2D eigenvalue weighted by atomic mass is 35.5. The van der Waals surface area contributed by atoms with Crippen LogP contribution in [0.15, 0.2) is 18.2 Å². The first kappa shape index (κ1) is 15.0. The van der Waals surface area contributed by atoms with Gasteiger partial charge in [-0.05, 0) is 31.0 Å². The number of benzene rings is 1. The first-order chi connectivity index (χ1) is 8.67. The van der Waals surface area contributed by atoms with Crippen LogP contribution in [0.2, 0.25) is 5.02 Å². The van der Waals surface area contributed by atoms with Crippen LogP contribution in [-0.2, 0) is 0 Å². The molecule has 0 fully saturated rings. The van der Waals surface area contributed by atoms with Crippen molar-refractivity contribution in [2.45, 2.75) is 32.7 Å². The third-order valence-corrected chi connectivity index (χ3v) is 3.44. The van der Waals surface area contributed by atoms with Gasteiger partial charge in [-0.2, -0.15) is 0 Å². The number of nitrogens with zero attached hydrogens (tertiary/aromatic N) is 1. The number of aldehydes is 1. The molecule has 0 amide bonds. The summed E-state index contributed by atoms with van der Waals surface area (Å²) in [6, 6.07) is 5.61. The fraction of sp³-hybridized carbons (Fsp3) is 0.500. The Bertz CT molecular complexity index is 391. The van der Waals surface area contributed by atoms with Gasteiger partial charge in [-0.1, -0.05) is 25.4 Å². The SMILES string of the molecule is CCC(CC)N(CCO)c1ccc(C=O)cc1Cl. The molecule has 0 saturated heterocycles. The van der Waals surface area contributed by atoms with Gasteiger partial charge in [0.1, 0.15) is 6.29 Å². The predicted molar refractivity (Wildman–Crippen MR) is 75.6 cm³/mol. The number of aliphatic hydroxyl groups is 1. The Morgan fingerprint density at radius 3 is 2.50 bits per heavy atom. The molecule has 0 heterocycles. The lowest BCUT2D eigenvalue weighted by Gasteiger charge is -2.32. The smallest absolute Gasteiger partial charge is 0.150 e. The van der Waals surface area contributed by atoms with Crippen LogP contribution < -0.4 is 4.90 Å². The van der Waals surface area contributed by atoms with Crippen LogP contribution in [-0.4, -0.2) is 30.6 Å². The van der Waals surface area contributed by atoms with Gasteiger partial charge in [0.25, 0.3) is 0 Å². The van der Waals surface area contributed by atoms with Crippen LogP contribution in [0.25, 0.3) is 0 Å². The fourth-order valence-corrected chi connectivity index (χ4v) is 2.46. The fourth-order valence-electron chi connectivity index (χ4n) is 2.17. The summed E-state index contributed by atoms with van der Waals surface area (Å²) in [5.74, 6) is 0. The second-order valence-corrected chi connectivity index (χ2v) is 4.62. The van der Waals surface area contributed by atoms with Gasteiger partial charge < -0.3 is 10.0 Å². The molecule has 1 N–H and O–H groups in total. The third kappa shape index (κ3) is 3.47. The summed E-state index contributed by atoms with van der Waals surface area (Å²) in [5, 5.41) is 9.74. The predicted octanol–water partition coefficient (Wildman–Crippen LogP) is 3.14. The lowest BCUT2D eigenvalue weighted by atomic mass is 10.1. The topological polar surface area (TPSA) is 40.5 Å². The van der Waals surface area contributed by atoms with Gasteiger partial charge in [0, 0.05) is 18.2 Å². The Kier molecular flexibility index (Phi) is 6.16. The van der Waals surface area contributed by atoms with E-state index >= 15 is 0 Å². The number of anilines is 1. The van der Waals surface area contributed by atoms with Gasteiger partial charge in [0.15, 0.2) is 0 Å². The number of halogens is 1. The molecule has 1 rings (SSSR count). The van der Waals surface area contributed by atoms with Gasteiger partial charge in [0.05, 0.1) is 17.3 Å². The molecule has 0 aliphatic rings. The number of rotatable bonds is 7. The Labute approximate surface area is 113 Å². The maximum absolute atomic E-state index is 10.7. The number of hydrogen-bond donors (Lipinski definition) is 1. The van der Waals surface area contributed by atoms with E-state index in [-0.39, 0.29) is 6.61 Å². The van der Waals surface area contributed by atoms with E-state index in [1.54, 1.807) is 12.1 Å². The summed E-state index contributed by atoms with van der Waals surface area (Å²) in [6.07, 6.45) is 2.76. The molecule has 3 nitrogen and oxygen atoms in total. The van der Waals surface area contributed by atoms with Crippen LogP contribution in [0.1, 0.15) is 37.0 Å². The van der Waals surface area contributed by atoms with Crippen molar-refractivity contribution in [3.63, 3.8) is 0 Å². The molecule has 1 aromatic carbocycles. The van der Waals surface area contributed by atoms with E-state index in [1.807, 2.05) is 6.07 Å². The second kappa shape index (κ2) is 7.39. The van der Waals surface area contributed by atoms with Gasteiger partial charge >= 0.3 is 0 Å². The van der Waals surface area contributed by atoms with E-state index in [0.29, 0.717) is 23.2 Å².